The highest BCUT2D eigenvalue weighted by Gasteiger charge is 2.36. The van der Waals surface area contributed by atoms with Gasteiger partial charge in [0.2, 0.25) is 0 Å². The molecule has 0 saturated carbocycles. The highest BCUT2D eigenvalue weighted by molar-refractivity contribution is 7.26. The molecule has 4 heteroatoms. The Bertz CT molecular complexity index is 3360. The summed E-state index contributed by atoms with van der Waals surface area (Å²) >= 11 is 1.85. The lowest BCUT2D eigenvalue weighted by Crippen LogP contribution is -2.16. The van der Waals surface area contributed by atoms with Crippen LogP contribution in [0.25, 0.3) is 86.3 Å². The summed E-state index contributed by atoms with van der Waals surface area (Å²) < 4.78 is 16.0. The van der Waals surface area contributed by atoms with Gasteiger partial charge in [0.15, 0.2) is 0 Å². The van der Waals surface area contributed by atoms with Gasteiger partial charge in [-0.1, -0.05) is 117 Å². The predicted octanol–water partition coefficient (Wildman–Crippen LogP) is 15.3. The molecular formula is C51H33NO2S. The number of hydrogen-bond acceptors (Lipinski definition) is 4. The maximum Gasteiger partial charge on any atom is 0.143 e. The Hall–Kier alpha value is -6.62. The van der Waals surface area contributed by atoms with Crippen LogP contribution in [0.15, 0.2) is 173 Å². The quantitative estimate of drug-likeness (QED) is 0.181. The van der Waals surface area contributed by atoms with E-state index in [0.717, 1.165) is 72.1 Å². The highest BCUT2D eigenvalue weighted by Crippen LogP contribution is 2.52. The van der Waals surface area contributed by atoms with Gasteiger partial charge in [-0.05, 0) is 82.4 Å². The number of hydrogen-bond donors (Lipinski definition) is 0. The molecule has 0 radical (unpaired) electrons. The number of furan rings is 2. The van der Waals surface area contributed by atoms with Crippen molar-refractivity contribution in [3.63, 3.8) is 0 Å². The number of rotatable bonds is 4. The lowest BCUT2D eigenvalue weighted by molar-refractivity contribution is 0.660. The number of benzene rings is 8. The molecule has 1 aliphatic rings. The summed E-state index contributed by atoms with van der Waals surface area (Å²) in [6.07, 6.45) is 0. The Kier molecular flexibility index (Phi) is 6.27. The number of anilines is 3. The molecule has 3 nitrogen and oxygen atoms in total. The second-order valence-electron chi connectivity index (χ2n) is 15.3. The SMILES string of the molecule is CC1(C)c2ccccc2-c2ccc(N(c3ccc4c(c3)oc3cc5c(cc34)oc3c(-c4ccccc4)cccc35)c3cccc4sc5ccccc5c34)cc21. The molecule has 0 atom stereocenters. The van der Waals surface area contributed by atoms with Gasteiger partial charge in [0.25, 0.3) is 0 Å². The van der Waals surface area contributed by atoms with Crippen LogP contribution in [0.3, 0.4) is 0 Å². The summed E-state index contributed by atoms with van der Waals surface area (Å²) in [4.78, 5) is 2.43. The molecular weight excluding hydrogens is 691 g/mol. The van der Waals surface area contributed by atoms with Crippen LogP contribution in [0.1, 0.15) is 25.0 Å². The van der Waals surface area contributed by atoms with Crippen LogP contribution in [0, 0.1) is 0 Å². The van der Waals surface area contributed by atoms with Gasteiger partial charge in [0.1, 0.15) is 22.3 Å². The first kappa shape index (κ1) is 30.8. The standard InChI is InChI=1S/C51H33NO2S/c1-51(2)41-18-8-6-14-34(41)35-24-22-31(26-42(35)51)52(43-19-11-21-48-49(43)38-15-7-9-20-47(38)55-48)32-23-25-36-39-28-46-40(29-45(39)53-44(36)27-32)37-17-10-16-33(50(37)54-46)30-12-4-3-5-13-30/h3-29H,1-2H3. The monoisotopic (exact) mass is 723 g/mol. The molecule has 55 heavy (non-hydrogen) atoms. The minimum atomic E-state index is -0.125. The number of thiophene rings is 1. The van der Waals surface area contributed by atoms with Crippen LogP contribution in [0.4, 0.5) is 17.1 Å². The molecule has 12 rings (SSSR count). The van der Waals surface area contributed by atoms with Crippen molar-refractivity contribution in [1.29, 1.82) is 0 Å². The Morgan fingerprint density at radius 2 is 1.11 bits per heavy atom. The molecule has 0 N–H and O–H groups in total. The van der Waals surface area contributed by atoms with E-state index in [9.17, 15) is 0 Å². The normalized spacial score (nSPS) is 13.4. The fourth-order valence-electron chi connectivity index (χ4n) is 9.24. The van der Waals surface area contributed by atoms with Gasteiger partial charge < -0.3 is 13.7 Å². The van der Waals surface area contributed by atoms with E-state index in [-0.39, 0.29) is 5.41 Å². The first-order chi connectivity index (χ1) is 27.0. The van der Waals surface area contributed by atoms with Gasteiger partial charge in [-0.3, -0.25) is 0 Å². The van der Waals surface area contributed by atoms with Gasteiger partial charge in [0, 0.05) is 70.1 Å². The zero-order chi connectivity index (χ0) is 36.4. The van der Waals surface area contributed by atoms with Crippen molar-refractivity contribution >= 4 is 92.4 Å². The second-order valence-corrected chi connectivity index (χ2v) is 16.3. The molecule has 0 saturated heterocycles. The Morgan fingerprint density at radius 3 is 2.02 bits per heavy atom. The zero-order valence-corrected chi connectivity index (χ0v) is 31.1. The molecule has 3 heterocycles. The van der Waals surface area contributed by atoms with Crippen molar-refractivity contribution in [2.75, 3.05) is 4.90 Å². The van der Waals surface area contributed by atoms with Crippen LogP contribution in [-0.4, -0.2) is 0 Å². The molecule has 8 aromatic carbocycles. The predicted molar refractivity (Wildman–Crippen MR) is 232 cm³/mol. The van der Waals surface area contributed by atoms with Crippen molar-refractivity contribution in [3.05, 3.63) is 175 Å². The molecule has 0 unspecified atom stereocenters. The van der Waals surface area contributed by atoms with Crippen LogP contribution >= 0.6 is 11.3 Å². The maximum atomic E-state index is 6.78. The first-order valence-electron chi connectivity index (χ1n) is 18.8. The fraction of sp³-hybridized carbons (Fsp3) is 0.0588. The minimum absolute atomic E-state index is 0.125. The average molecular weight is 724 g/mol. The van der Waals surface area contributed by atoms with Crippen molar-refractivity contribution in [2.45, 2.75) is 19.3 Å². The van der Waals surface area contributed by atoms with Gasteiger partial charge in [0.05, 0.1) is 5.69 Å². The van der Waals surface area contributed by atoms with Gasteiger partial charge in [-0.2, -0.15) is 0 Å². The molecule has 1 aliphatic carbocycles. The van der Waals surface area contributed by atoms with E-state index in [1.54, 1.807) is 0 Å². The third kappa shape index (κ3) is 4.37. The fourth-order valence-corrected chi connectivity index (χ4v) is 10.4. The van der Waals surface area contributed by atoms with Gasteiger partial charge >= 0.3 is 0 Å². The third-order valence-corrected chi connectivity index (χ3v) is 13.0. The largest absolute Gasteiger partial charge is 0.456 e. The minimum Gasteiger partial charge on any atom is -0.456 e. The van der Waals surface area contributed by atoms with Crippen LogP contribution < -0.4 is 4.90 Å². The molecule has 0 bridgehead atoms. The van der Waals surface area contributed by atoms with E-state index >= 15 is 0 Å². The van der Waals surface area contributed by atoms with Crippen LogP contribution in [0.2, 0.25) is 0 Å². The summed E-state index contributed by atoms with van der Waals surface area (Å²) in [7, 11) is 0. The molecule has 3 aromatic heterocycles. The molecule has 0 amide bonds. The van der Waals surface area contributed by atoms with Crippen LogP contribution in [0.5, 0.6) is 0 Å². The smallest absolute Gasteiger partial charge is 0.143 e. The van der Waals surface area contributed by atoms with Crippen molar-refractivity contribution < 1.29 is 8.83 Å². The summed E-state index contributed by atoms with van der Waals surface area (Å²) in [6, 6.07) is 59.1. The summed E-state index contributed by atoms with van der Waals surface area (Å²) in [5.41, 5.74) is 14.2. The Morgan fingerprint density at radius 1 is 0.455 bits per heavy atom. The third-order valence-electron chi connectivity index (χ3n) is 11.9. The second kappa shape index (κ2) is 11.2. The number of fused-ring (bicyclic) bond motifs is 12. The van der Waals surface area contributed by atoms with Crippen molar-refractivity contribution in [3.8, 4) is 22.3 Å². The van der Waals surface area contributed by atoms with Gasteiger partial charge in [-0.15, -0.1) is 11.3 Å². The molecule has 260 valence electrons. The van der Waals surface area contributed by atoms with E-state index < -0.39 is 0 Å². The molecule has 11 aromatic rings. The first-order valence-corrected chi connectivity index (χ1v) is 19.6. The number of para-hydroxylation sites is 1. The van der Waals surface area contributed by atoms with Crippen molar-refractivity contribution in [2.24, 2.45) is 0 Å². The molecule has 0 spiro atoms. The van der Waals surface area contributed by atoms with Crippen molar-refractivity contribution in [1.82, 2.24) is 0 Å². The van der Waals surface area contributed by atoms with E-state index in [2.05, 4.69) is 176 Å². The number of nitrogens with zero attached hydrogens (tertiary/aromatic N) is 1. The lowest BCUT2D eigenvalue weighted by atomic mass is 9.82. The summed E-state index contributed by atoms with van der Waals surface area (Å²) in [5.74, 6) is 0. The van der Waals surface area contributed by atoms with Gasteiger partial charge in [-0.25, -0.2) is 0 Å². The molecule has 0 fully saturated rings. The van der Waals surface area contributed by atoms with E-state index in [0.29, 0.717) is 0 Å². The Labute approximate surface area is 321 Å². The topological polar surface area (TPSA) is 29.5 Å². The van der Waals surface area contributed by atoms with E-state index in [1.807, 2.05) is 17.4 Å². The average Bonchev–Trinajstić information content (AvgIpc) is 3.95. The maximum absolute atomic E-state index is 6.78. The lowest BCUT2D eigenvalue weighted by Gasteiger charge is -2.28. The van der Waals surface area contributed by atoms with Crippen LogP contribution in [-0.2, 0) is 5.41 Å². The van der Waals surface area contributed by atoms with E-state index in [1.165, 1.54) is 42.4 Å². The summed E-state index contributed by atoms with van der Waals surface area (Å²) in [5, 5.41) is 6.78. The molecule has 0 aliphatic heterocycles. The Balaban J connectivity index is 1.07. The summed E-state index contributed by atoms with van der Waals surface area (Å²) in [6.45, 7) is 4.70. The zero-order valence-electron chi connectivity index (χ0n) is 30.3. The van der Waals surface area contributed by atoms with E-state index in [4.69, 9.17) is 8.83 Å². The highest BCUT2D eigenvalue weighted by atomic mass is 32.1.